The Balaban J connectivity index is 2.05. The van der Waals surface area contributed by atoms with Crippen LogP contribution in [0.1, 0.15) is 19.3 Å². The maximum atomic E-state index is 5.23. The van der Waals surface area contributed by atoms with Gasteiger partial charge in [0.15, 0.2) is 0 Å². The average Bonchev–Trinajstić information content (AvgIpc) is 2.47. The molecule has 0 aliphatic carbocycles. The van der Waals surface area contributed by atoms with Gasteiger partial charge < -0.3 is 9.64 Å². The van der Waals surface area contributed by atoms with Crippen LogP contribution >= 0.6 is 0 Å². The maximum Gasteiger partial charge on any atom is 0.139 e. The maximum absolute atomic E-state index is 5.23. The number of ether oxygens (including phenoxy) is 1. The molecule has 0 saturated carbocycles. The molecular formula is C14H17N3O. The van der Waals surface area contributed by atoms with Crippen LogP contribution in [0.2, 0.25) is 0 Å². The van der Waals surface area contributed by atoms with Gasteiger partial charge >= 0.3 is 0 Å². The second-order valence-electron chi connectivity index (χ2n) is 4.63. The summed E-state index contributed by atoms with van der Waals surface area (Å²) in [5.41, 5.74) is 0.949. The van der Waals surface area contributed by atoms with Crippen molar-refractivity contribution in [2.24, 2.45) is 0 Å². The molecule has 0 amide bonds. The highest BCUT2D eigenvalue weighted by Gasteiger charge is 2.15. The molecule has 0 N–H and O–H groups in total. The van der Waals surface area contributed by atoms with Crippen molar-refractivity contribution in [2.75, 3.05) is 25.1 Å². The third kappa shape index (κ3) is 1.98. The molecule has 0 bridgehead atoms. The van der Waals surface area contributed by atoms with Crippen molar-refractivity contribution >= 4 is 16.7 Å². The minimum atomic E-state index is 0.839. The van der Waals surface area contributed by atoms with Gasteiger partial charge in [0.1, 0.15) is 17.9 Å². The molecule has 4 nitrogen and oxygen atoms in total. The molecule has 1 fully saturated rings. The van der Waals surface area contributed by atoms with Crippen molar-refractivity contribution in [2.45, 2.75) is 19.3 Å². The van der Waals surface area contributed by atoms with E-state index in [1.165, 1.54) is 19.3 Å². The Kier molecular flexibility index (Phi) is 3.00. The molecule has 0 radical (unpaired) electrons. The average molecular weight is 243 g/mol. The van der Waals surface area contributed by atoms with Gasteiger partial charge in [-0.3, -0.25) is 0 Å². The van der Waals surface area contributed by atoms with Crippen LogP contribution in [-0.2, 0) is 0 Å². The summed E-state index contributed by atoms with van der Waals surface area (Å²) in [6, 6.07) is 5.99. The van der Waals surface area contributed by atoms with E-state index in [1.807, 2.05) is 12.1 Å². The Morgan fingerprint density at radius 3 is 2.72 bits per heavy atom. The molecule has 0 atom stereocenters. The Labute approximate surface area is 107 Å². The number of anilines is 1. The third-order valence-electron chi connectivity index (χ3n) is 3.48. The first kappa shape index (κ1) is 11.3. The number of aromatic nitrogens is 2. The van der Waals surface area contributed by atoms with E-state index in [0.29, 0.717) is 0 Å². The van der Waals surface area contributed by atoms with Crippen LogP contribution in [0.3, 0.4) is 0 Å². The van der Waals surface area contributed by atoms with Gasteiger partial charge in [0.2, 0.25) is 0 Å². The van der Waals surface area contributed by atoms with Crippen LogP contribution in [0.15, 0.2) is 24.5 Å². The van der Waals surface area contributed by atoms with Crippen LogP contribution < -0.4 is 9.64 Å². The van der Waals surface area contributed by atoms with Crippen molar-refractivity contribution in [3.8, 4) is 5.75 Å². The van der Waals surface area contributed by atoms with Crippen molar-refractivity contribution in [1.82, 2.24) is 9.97 Å². The molecule has 1 aliphatic rings. The lowest BCUT2D eigenvalue weighted by atomic mass is 10.1. The van der Waals surface area contributed by atoms with Gasteiger partial charge in [0.25, 0.3) is 0 Å². The topological polar surface area (TPSA) is 38.2 Å². The molecule has 0 unspecified atom stereocenters. The largest absolute Gasteiger partial charge is 0.497 e. The molecule has 3 rings (SSSR count). The standard InChI is InChI=1S/C14H17N3O/c1-18-11-5-6-12-13(9-11)15-10-16-14(12)17-7-3-2-4-8-17/h5-6,9-10H,2-4,7-8H2,1H3. The fourth-order valence-corrected chi connectivity index (χ4v) is 2.51. The highest BCUT2D eigenvalue weighted by atomic mass is 16.5. The summed E-state index contributed by atoms with van der Waals surface area (Å²) in [5, 5.41) is 1.11. The van der Waals surface area contributed by atoms with Gasteiger partial charge in [0.05, 0.1) is 12.6 Å². The van der Waals surface area contributed by atoms with Crippen LogP contribution in [0, 0.1) is 0 Å². The van der Waals surface area contributed by atoms with Crippen LogP contribution in [0.25, 0.3) is 10.9 Å². The lowest BCUT2D eigenvalue weighted by molar-refractivity contribution is 0.415. The fraction of sp³-hybridized carbons (Fsp3) is 0.429. The molecule has 1 aromatic carbocycles. The number of rotatable bonds is 2. The quantitative estimate of drug-likeness (QED) is 0.812. The van der Waals surface area contributed by atoms with E-state index >= 15 is 0 Å². The lowest BCUT2D eigenvalue weighted by Crippen LogP contribution is -2.30. The minimum absolute atomic E-state index is 0.839. The Morgan fingerprint density at radius 2 is 1.94 bits per heavy atom. The lowest BCUT2D eigenvalue weighted by Gasteiger charge is -2.28. The SMILES string of the molecule is COc1ccc2c(N3CCCCC3)ncnc2c1. The first-order valence-electron chi connectivity index (χ1n) is 6.42. The second-order valence-corrected chi connectivity index (χ2v) is 4.63. The highest BCUT2D eigenvalue weighted by molar-refractivity contribution is 5.90. The zero-order valence-electron chi connectivity index (χ0n) is 10.6. The van der Waals surface area contributed by atoms with Crippen LogP contribution in [0.5, 0.6) is 5.75 Å². The molecule has 4 heteroatoms. The molecule has 1 aliphatic heterocycles. The number of nitrogens with zero attached hydrogens (tertiary/aromatic N) is 3. The van der Waals surface area contributed by atoms with E-state index < -0.39 is 0 Å². The number of hydrogen-bond acceptors (Lipinski definition) is 4. The molecule has 2 aromatic rings. The highest BCUT2D eigenvalue weighted by Crippen LogP contribution is 2.27. The summed E-state index contributed by atoms with van der Waals surface area (Å²) < 4.78 is 5.23. The van der Waals surface area contributed by atoms with E-state index in [9.17, 15) is 0 Å². The second kappa shape index (κ2) is 4.80. The predicted octanol–water partition coefficient (Wildman–Crippen LogP) is 2.63. The molecule has 1 saturated heterocycles. The number of methoxy groups -OCH3 is 1. The summed E-state index contributed by atoms with van der Waals surface area (Å²) in [7, 11) is 1.67. The Bertz CT molecular complexity index is 550. The van der Waals surface area contributed by atoms with E-state index in [4.69, 9.17) is 4.74 Å². The van der Waals surface area contributed by atoms with Gasteiger partial charge in [-0.25, -0.2) is 9.97 Å². The van der Waals surface area contributed by atoms with Crippen molar-refractivity contribution in [1.29, 1.82) is 0 Å². The summed E-state index contributed by atoms with van der Waals surface area (Å²) >= 11 is 0. The zero-order valence-corrected chi connectivity index (χ0v) is 10.6. The number of hydrogen-bond donors (Lipinski definition) is 0. The van der Waals surface area contributed by atoms with Crippen molar-refractivity contribution in [3.05, 3.63) is 24.5 Å². The van der Waals surface area contributed by atoms with Crippen LogP contribution in [-0.4, -0.2) is 30.2 Å². The van der Waals surface area contributed by atoms with E-state index in [0.717, 1.165) is 35.6 Å². The smallest absolute Gasteiger partial charge is 0.139 e. The van der Waals surface area contributed by atoms with Gasteiger partial charge in [-0.1, -0.05) is 0 Å². The molecule has 94 valence electrons. The molecule has 1 aromatic heterocycles. The molecular weight excluding hydrogens is 226 g/mol. The monoisotopic (exact) mass is 243 g/mol. The molecule has 2 heterocycles. The fourth-order valence-electron chi connectivity index (χ4n) is 2.51. The van der Waals surface area contributed by atoms with Crippen LogP contribution in [0.4, 0.5) is 5.82 Å². The van der Waals surface area contributed by atoms with Gasteiger partial charge in [-0.15, -0.1) is 0 Å². The van der Waals surface area contributed by atoms with Crippen molar-refractivity contribution < 1.29 is 4.74 Å². The first-order chi connectivity index (χ1) is 8.88. The summed E-state index contributed by atoms with van der Waals surface area (Å²) in [6.45, 7) is 2.19. The normalized spacial score (nSPS) is 15.9. The zero-order chi connectivity index (χ0) is 12.4. The minimum Gasteiger partial charge on any atom is -0.497 e. The summed E-state index contributed by atoms with van der Waals surface area (Å²) in [5.74, 6) is 1.90. The Morgan fingerprint density at radius 1 is 1.11 bits per heavy atom. The van der Waals surface area contributed by atoms with Gasteiger partial charge in [0, 0.05) is 24.5 Å². The number of fused-ring (bicyclic) bond motifs is 1. The summed E-state index contributed by atoms with van der Waals surface area (Å²) in [4.78, 5) is 11.1. The van der Waals surface area contributed by atoms with E-state index in [1.54, 1.807) is 13.4 Å². The molecule has 0 spiro atoms. The molecule has 18 heavy (non-hydrogen) atoms. The number of piperidine rings is 1. The van der Waals surface area contributed by atoms with Gasteiger partial charge in [-0.2, -0.15) is 0 Å². The van der Waals surface area contributed by atoms with Gasteiger partial charge in [-0.05, 0) is 31.4 Å². The van der Waals surface area contributed by atoms with E-state index in [2.05, 4.69) is 20.9 Å². The number of benzene rings is 1. The Hall–Kier alpha value is -1.84. The first-order valence-corrected chi connectivity index (χ1v) is 6.42. The van der Waals surface area contributed by atoms with Crippen molar-refractivity contribution in [3.63, 3.8) is 0 Å². The third-order valence-corrected chi connectivity index (χ3v) is 3.48. The van der Waals surface area contributed by atoms with E-state index in [-0.39, 0.29) is 0 Å². The predicted molar refractivity (Wildman–Crippen MR) is 72.2 cm³/mol. The summed E-state index contributed by atoms with van der Waals surface area (Å²) in [6.07, 6.45) is 5.47.